The predicted octanol–water partition coefficient (Wildman–Crippen LogP) is 3.46. The normalized spacial score (nSPS) is 12.4. The van der Waals surface area contributed by atoms with Crippen molar-refractivity contribution >= 4 is 27.9 Å². The molecule has 0 aliphatic carbocycles. The molecule has 0 unspecified atom stereocenters. The Kier molecular flexibility index (Phi) is 5.31. The van der Waals surface area contributed by atoms with Crippen LogP contribution in [0.1, 0.15) is 5.56 Å². The van der Waals surface area contributed by atoms with E-state index in [2.05, 4.69) is 15.4 Å². The molecule has 3 N–H and O–H groups in total. The first-order valence-corrected chi connectivity index (χ1v) is 8.71. The summed E-state index contributed by atoms with van der Waals surface area (Å²) < 4.78 is 28.6. The Balaban J connectivity index is 1.76. The van der Waals surface area contributed by atoms with E-state index in [1.807, 2.05) is 6.07 Å². The van der Waals surface area contributed by atoms with Gasteiger partial charge in [0.2, 0.25) is 0 Å². The van der Waals surface area contributed by atoms with Crippen molar-refractivity contribution in [1.82, 2.24) is 14.8 Å². The number of aromatic nitrogens is 3. The second-order valence-corrected chi connectivity index (χ2v) is 7.19. The Morgan fingerprint density at radius 1 is 1.32 bits per heavy atom. The predicted molar refractivity (Wildman–Crippen MR) is 95.9 cm³/mol. The first kappa shape index (κ1) is 17.8. The Hall–Kier alpha value is -2.03. The number of nitrogens with zero attached hydrogens (tertiary/aromatic N) is 3. The van der Waals surface area contributed by atoms with Crippen molar-refractivity contribution in [2.45, 2.75) is 12.5 Å². The van der Waals surface area contributed by atoms with Crippen LogP contribution in [0.15, 0.2) is 30.6 Å². The second-order valence-electron chi connectivity index (χ2n) is 5.53. The summed E-state index contributed by atoms with van der Waals surface area (Å²) in [5.41, 5.74) is 7.26. The van der Waals surface area contributed by atoms with Crippen LogP contribution >= 0.6 is 22.9 Å². The average Bonchev–Trinajstić information content (AvgIpc) is 3.15. The summed E-state index contributed by atoms with van der Waals surface area (Å²) in [5, 5.41) is 8.15. The van der Waals surface area contributed by atoms with Gasteiger partial charge in [-0.3, -0.25) is 0 Å². The summed E-state index contributed by atoms with van der Waals surface area (Å²) in [5.74, 6) is -1.06. The van der Waals surface area contributed by atoms with Crippen molar-refractivity contribution < 1.29 is 8.78 Å². The van der Waals surface area contributed by atoms with Crippen molar-refractivity contribution in [3.05, 3.63) is 52.1 Å². The molecule has 0 fully saturated rings. The monoisotopic (exact) mass is 383 g/mol. The van der Waals surface area contributed by atoms with Gasteiger partial charge in [-0.2, -0.15) is 5.10 Å². The molecule has 9 heteroatoms. The Labute approximate surface area is 152 Å². The van der Waals surface area contributed by atoms with Gasteiger partial charge in [-0.1, -0.05) is 17.7 Å². The summed E-state index contributed by atoms with van der Waals surface area (Å²) >= 11 is 7.67. The molecule has 2 heterocycles. The van der Waals surface area contributed by atoms with Gasteiger partial charge in [0.15, 0.2) is 17.5 Å². The molecule has 0 saturated heterocycles. The largest absolute Gasteiger partial charge is 0.373 e. The first-order valence-electron chi connectivity index (χ1n) is 7.52. The number of hydrogen-bond donors (Lipinski definition) is 2. The van der Waals surface area contributed by atoms with E-state index in [9.17, 15) is 8.78 Å². The minimum Gasteiger partial charge on any atom is -0.373 e. The number of rotatable bonds is 6. The topological polar surface area (TPSA) is 68.8 Å². The van der Waals surface area contributed by atoms with Gasteiger partial charge in [-0.15, -0.1) is 11.3 Å². The smallest absolute Gasteiger partial charge is 0.160 e. The molecule has 5 nitrogen and oxygen atoms in total. The molecular formula is C16H16ClF2N5S. The molecule has 25 heavy (non-hydrogen) atoms. The quantitative estimate of drug-likeness (QED) is 0.684. The van der Waals surface area contributed by atoms with Gasteiger partial charge in [0.05, 0.1) is 10.6 Å². The van der Waals surface area contributed by atoms with Crippen LogP contribution in [0, 0.1) is 11.6 Å². The SMILES string of the molecule is Cn1ncnc1-c1cc(N[C@H](CN)Cc2ccc(F)c(F)c2)sc1Cl. The highest BCUT2D eigenvalue weighted by Gasteiger charge is 2.16. The Morgan fingerprint density at radius 3 is 2.76 bits per heavy atom. The van der Waals surface area contributed by atoms with Gasteiger partial charge in [-0.25, -0.2) is 18.4 Å². The number of aryl methyl sites for hydroxylation is 1. The lowest BCUT2D eigenvalue weighted by Crippen LogP contribution is -2.30. The number of nitrogens with two attached hydrogens (primary N) is 1. The number of nitrogens with one attached hydrogen (secondary N) is 1. The third-order valence-corrected chi connectivity index (χ3v) is 5.03. The molecule has 0 bridgehead atoms. The molecule has 0 radical (unpaired) electrons. The molecule has 3 aromatic rings. The molecule has 3 rings (SSSR count). The minimum atomic E-state index is -0.864. The van der Waals surface area contributed by atoms with Crippen LogP contribution < -0.4 is 11.1 Å². The zero-order valence-corrected chi connectivity index (χ0v) is 14.9. The third-order valence-electron chi connectivity index (χ3n) is 3.74. The van der Waals surface area contributed by atoms with Gasteiger partial charge in [-0.05, 0) is 30.2 Å². The van der Waals surface area contributed by atoms with E-state index < -0.39 is 11.6 Å². The van der Waals surface area contributed by atoms with E-state index in [0.717, 1.165) is 16.6 Å². The summed E-state index contributed by atoms with van der Waals surface area (Å²) in [6.07, 6.45) is 1.92. The summed E-state index contributed by atoms with van der Waals surface area (Å²) in [4.78, 5) is 4.19. The zero-order valence-electron chi connectivity index (χ0n) is 13.3. The van der Waals surface area contributed by atoms with Crippen LogP contribution in [0.25, 0.3) is 11.4 Å². The fourth-order valence-corrected chi connectivity index (χ4v) is 3.72. The lowest BCUT2D eigenvalue weighted by molar-refractivity contribution is 0.506. The highest BCUT2D eigenvalue weighted by molar-refractivity contribution is 7.20. The molecule has 132 valence electrons. The molecule has 0 aliphatic heterocycles. The molecule has 2 aromatic heterocycles. The first-order chi connectivity index (χ1) is 12.0. The summed E-state index contributed by atoms with van der Waals surface area (Å²) in [6, 6.07) is 5.59. The van der Waals surface area contributed by atoms with Crippen molar-refractivity contribution in [3.8, 4) is 11.4 Å². The zero-order chi connectivity index (χ0) is 18.0. The van der Waals surface area contributed by atoms with Gasteiger partial charge in [0, 0.05) is 19.6 Å². The third kappa shape index (κ3) is 3.97. The Bertz CT molecular complexity index is 879. The number of anilines is 1. The maximum atomic E-state index is 13.4. The van der Waals surface area contributed by atoms with Crippen LogP contribution in [0.4, 0.5) is 13.8 Å². The van der Waals surface area contributed by atoms with Crippen LogP contribution in [-0.2, 0) is 13.5 Å². The molecule has 1 aromatic carbocycles. The van der Waals surface area contributed by atoms with E-state index >= 15 is 0 Å². The van der Waals surface area contributed by atoms with E-state index in [4.69, 9.17) is 17.3 Å². The standard InChI is InChI=1S/C16H16ClF2N5S/c1-24-16(21-8-22-24)11-6-14(25-15(11)17)23-10(7-20)4-9-2-3-12(18)13(19)5-9/h2-3,5-6,8,10,23H,4,7,20H2,1H3/t10-/m0/s1. The lowest BCUT2D eigenvalue weighted by atomic mass is 10.1. The maximum absolute atomic E-state index is 13.4. The van der Waals surface area contributed by atoms with E-state index in [-0.39, 0.29) is 6.04 Å². The number of hydrogen-bond acceptors (Lipinski definition) is 5. The number of halogens is 3. The molecule has 0 aliphatic rings. The second kappa shape index (κ2) is 7.47. The van der Waals surface area contributed by atoms with Crippen LogP contribution in [-0.4, -0.2) is 27.4 Å². The van der Waals surface area contributed by atoms with Crippen LogP contribution in [0.2, 0.25) is 4.34 Å². The van der Waals surface area contributed by atoms with Gasteiger partial charge in [0.1, 0.15) is 10.7 Å². The molecule has 0 saturated carbocycles. The fourth-order valence-electron chi connectivity index (χ4n) is 2.48. The van der Waals surface area contributed by atoms with Crippen LogP contribution in [0.3, 0.4) is 0 Å². The highest BCUT2D eigenvalue weighted by atomic mass is 35.5. The van der Waals surface area contributed by atoms with Gasteiger partial charge >= 0.3 is 0 Å². The Morgan fingerprint density at radius 2 is 2.12 bits per heavy atom. The van der Waals surface area contributed by atoms with Crippen molar-refractivity contribution in [3.63, 3.8) is 0 Å². The van der Waals surface area contributed by atoms with E-state index in [0.29, 0.717) is 28.7 Å². The van der Waals surface area contributed by atoms with Crippen molar-refractivity contribution in [2.24, 2.45) is 12.8 Å². The highest BCUT2D eigenvalue weighted by Crippen LogP contribution is 2.37. The van der Waals surface area contributed by atoms with Gasteiger partial charge < -0.3 is 11.1 Å². The van der Waals surface area contributed by atoms with E-state index in [1.54, 1.807) is 17.8 Å². The maximum Gasteiger partial charge on any atom is 0.160 e. The molecule has 0 amide bonds. The van der Waals surface area contributed by atoms with Crippen LogP contribution in [0.5, 0.6) is 0 Å². The summed E-state index contributed by atoms with van der Waals surface area (Å²) in [7, 11) is 1.79. The molecule has 1 atom stereocenters. The average molecular weight is 384 g/mol. The number of benzene rings is 1. The van der Waals surface area contributed by atoms with E-state index in [1.165, 1.54) is 23.7 Å². The van der Waals surface area contributed by atoms with Crippen molar-refractivity contribution in [1.29, 1.82) is 0 Å². The fraction of sp³-hybridized carbons (Fsp3) is 0.250. The molecular weight excluding hydrogens is 368 g/mol. The number of thiophene rings is 1. The van der Waals surface area contributed by atoms with Gasteiger partial charge in [0.25, 0.3) is 0 Å². The summed E-state index contributed by atoms with van der Waals surface area (Å²) in [6.45, 7) is 0.327. The molecule has 0 spiro atoms. The van der Waals surface area contributed by atoms with Crippen molar-refractivity contribution in [2.75, 3.05) is 11.9 Å². The lowest BCUT2D eigenvalue weighted by Gasteiger charge is -2.17. The minimum absolute atomic E-state index is 0.146.